The maximum Gasteiger partial charge on any atom is 0.102 e. The molecule has 0 bridgehead atoms. The van der Waals surface area contributed by atoms with Gasteiger partial charge in [0.1, 0.15) is 5.41 Å². The first kappa shape index (κ1) is 12.1. The van der Waals surface area contributed by atoms with Crippen LogP contribution in [0, 0.1) is 11.3 Å². The molecule has 2 rings (SSSR count). The Labute approximate surface area is 103 Å². The van der Waals surface area contributed by atoms with E-state index >= 15 is 0 Å². The van der Waals surface area contributed by atoms with Crippen LogP contribution in [0.15, 0.2) is 30.3 Å². The molecule has 0 amide bonds. The zero-order valence-corrected chi connectivity index (χ0v) is 10.4. The Balaban J connectivity index is 2.13. The van der Waals surface area contributed by atoms with Crippen LogP contribution in [0.25, 0.3) is 0 Å². The summed E-state index contributed by atoms with van der Waals surface area (Å²) < 4.78 is 0. The Morgan fingerprint density at radius 1 is 1.29 bits per heavy atom. The molecule has 2 unspecified atom stereocenters. The molecule has 1 aliphatic rings. The molecule has 0 radical (unpaired) electrons. The summed E-state index contributed by atoms with van der Waals surface area (Å²) in [5.41, 5.74) is 6.75. The molecule has 0 aliphatic heterocycles. The molecule has 17 heavy (non-hydrogen) atoms. The fraction of sp³-hybridized carbons (Fsp3) is 0.533. The number of hydrogen-bond acceptors (Lipinski definition) is 2. The lowest BCUT2D eigenvalue weighted by Crippen LogP contribution is -2.32. The lowest BCUT2D eigenvalue weighted by Gasteiger charge is -2.16. The first-order valence-electron chi connectivity index (χ1n) is 6.44. The Morgan fingerprint density at radius 3 is 2.59 bits per heavy atom. The van der Waals surface area contributed by atoms with Crippen molar-refractivity contribution in [1.29, 1.82) is 5.26 Å². The van der Waals surface area contributed by atoms with E-state index in [1.807, 2.05) is 30.3 Å². The van der Waals surface area contributed by atoms with Crippen molar-refractivity contribution in [3.05, 3.63) is 35.9 Å². The summed E-state index contributed by atoms with van der Waals surface area (Å²) in [4.78, 5) is 0. The van der Waals surface area contributed by atoms with Crippen LogP contribution in [0.2, 0.25) is 0 Å². The van der Waals surface area contributed by atoms with Gasteiger partial charge in [0.05, 0.1) is 6.07 Å². The minimum atomic E-state index is -0.429. The third-order valence-corrected chi connectivity index (χ3v) is 3.99. The Morgan fingerprint density at radius 2 is 2.00 bits per heavy atom. The molecular weight excluding hydrogens is 208 g/mol. The van der Waals surface area contributed by atoms with Crippen molar-refractivity contribution in [1.82, 2.24) is 0 Å². The number of hydrogen-bond donors (Lipinski definition) is 1. The molecule has 1 aliphatic carbocycles. The molecule has 2 atom stereocenters. The van der Waals surface area contributed by atoms with E-state index in [0.29, 0.717) is 0 Å². The lowest BCUT2D eigenvalue weighted by atomic mass is 9.89. The first-order chi connectivity index (χ1) is 8.18. The summed E-state index contributed by atoms with van der Waals surface area (Å²) in [5, 5.41) is 9.47. The molecule has 0 heterocycles. The fourth-order valence-electron chi connectivity index (χ4n) is 2.75. The lowest BCUT2D eigenvalue weighted by molar-refractivity contribution is 0.514. The van der Waals surface area contributed by atoms with E-state index in [4.69, 9.17) is 5.73 Å². The van der Waals surface area contributed by atoms with Crippen LogP contribution >= 0.6 is 0 Å². The summed E-state index contributed by atoms with van der Waals surface area (Å²) >= 11 is 0. The van der Waals surface area contributed by atoms with E-state index in [1.165, 1.54) is 12.8 Å². The van der Waals surface area contributed by atoms with Gasteiger partial charge in [-0.1, -0.05) is 56.5 Å². The van der Waals surface area contributed by atoms with Crippen molar-refractivity contribution < 1.29 is 0 Å². The molecule has 1 saturated carbocycles. The van der Waals surface area contributed by atoms with Gasteiger partial charge in [-0.05, 0) is 18.4 Å². The minimum Gasteiger partial charge on any atom is -0.323 e. The summed E-state index contributed by atoms with van der Waals surface area (Å²) in [6.07, 6.45) is 5.30. The van der Waals surface area contributed by atoms with Crippen LogP contribution in [-0.2, 0) is 5.41 Å². The van der Waals surface area contributed by atoms with E-state index in [2.05, 4.69) is 13.0 Å². The molecule has 0 spiro atoms. The molecular formula is C15H20N2. The van der Waals surface area contributed by atoms with E-state index in [1.54, 1.807) is 0 Å². The van der Waals surface area contributed by atoms with Gasteiger partial charge in [0.2, 0.25) is 0 Å². The topological polar surface area (TPSA) is 49.8 Å². The highest BCUT2D eigenvalue weighted by atomic mass is 14.9. The summed E-state index contributed by atoms with van der Waals surface area (Å²) in [6.45, 7) is 2.19. The van der Waals surface area contributed by atoms with Crippen LogP contribution in [0.5, 0.6) is 0 Å². The zero-order valence-electron chi connectivity index (χ0n) is 10.4. The fourth-order valence-corrected chi connectivity index (χ4v) is 2.75. The predicted octanol–water partition coefficient (Wildman–Crippen LogP) is 3.13. The van der Waals surface area contributed by atoms with Crippen molar-refractivity contribution >= 4 is 0 Å². The van der Waals surface area contributed by atoms with Gasteiger partial charge in [0.15, 0.2) is 0 Å². The monoisotopic (exact) mass is 228 g/mol. The second kappa shape index (κ2) is 4.50. The number of unbranched alkanes of at least 4 members (excludes halogenated alkanes) is 2. The molecule has 2 heteroatoms. The van der Waals surface area contributed by atoms with E-state index < -0.39 is 5.41 Å². The quantitative estimate of drug-likeness (QED) is 0.787. The largest absolute Gasteiger partial charge is 0.323 e. The summed E-state index contributed by atoms with van der Waals surface area (Å²) in [5.74, 6) is 0. The highest BCUT2D eigenvalue weighted by Crippen LogP contribution is 2.57. The SMILES string of the molecule is CCCCCC1(N)CC1(C#N)c1ccccc1. The van der Waals surface area contributed by atoms with Gasteiger partial charge in [-0.15, -0.1) is 0 Å². The van der Waals surface area contributed by atoms with Gasteiger partial charge < -0.3 is 5.73 Å². The number of nitrogens with zero attached hydrogens (tertiary/aromatic N) is 1. The van der Waals surface area contributed by atoms with Crippen molar-refractivity contribution in [3.8, 4) is 6.07 Å². The zero-order chi connectivity index (χ0) is 12.4. The Bertz CT molecular complexity index is 420. The van der Waals surface area contributed by atoms with Crippen molar-refractivity contribution in [3.63, 3.8) is 0 Å². The molecule has 2 nitrogen and oxygen atoms in total. The molecule has 2 N–H and O–H groups in total. The average Bonchev–Trinajstić information content (AvgIpc) is 2.98. The number of nitrogens with two attached hydrogens (primary N) is 1. The van der Waals surface area contributed by atoms with Gasteiger partial charge >= 0.3 is 0 Å². The number of nitriles is 1. The highest BCUT2D eigenvalue weighted by Gasteiger charge is 2.66. The van der Waals surface area contributed by atoms with Crippen molar-refractivity contribution in [2.45, 2.75) is 50.0 Å². The second-order valence-corrected chi connectivity index (χ2v) is 5.17. The van der Waals surface area contributed by atoms with E-state index in [9.17, 15) is 5.26 Å². The number of benzene rings is 1. The van der Waals surface area contributed by atoms with Crippen LogP contribution in [0.4, 0.5) is 0 Å². The average molecular weight is 228 g/mol. The smallest absolute Gasteiger partial charge is 0.102 e. The highest BCUT2D eigenvalue weighted by molar-refractivity contribution is 5.48. The maximum absolute atomic E-state index is 9.47. The molecule has 1 aromatic rings. The molecule has 1 aromatic carbocycles. The van der Waals surface area contributed by atoms with Crippen LogP contribution in [0.1, 0.15) is 44.6 Å². The molecule has 0 saturated heterocycles. The molecule has 0 aromatic heterocycles. The standard InChI is InChI=1S/C15H20N2/c1-2-3-7-10-15(17)11-14(15,12-16)13-8-5-4-6-9-13/h4-6,8-9H,2-3,7,10-11,17H2,1H3. The number of rotatable bonds is 5. The molecule has 90 valence electrons. The third kappa shape index (κ3) is 1.96. The van der Waals surface area contributed by atoms with Gasteiger partial charge in [-0.3, -0.25) is 0 Å². The van der Waals surface area contributed by atoms with Gasteiger partial charge in [0.25, 0.3) is 0 Å². The summed E-state index contributed by atoms with van der Waals surface area (Å²) in [6, 6.07) is 12.5. The van der Waals surface area contributed by atoms with Crippen LogP contribution in [-0.4, -0.2) is 5.54 Å². The van der Waals surface area contributed by atoms with Crippen LogP contribution in [0.3, 0.4) is 0 Å². The Kier molecular flexibility index (Phi) is 3.22. The second-order valence-electron chi connectivity index (χ2n) is 5.17. The first-order valence-corrected chi connectivity index (χ1v) is 6.44. The van der Waals surface area contributed by atoms with Gasteiger partial charge in [-0.2, -0.15) is 5.26 Å². The van der Waals surface area contributed by atoms with E-state index in [-0.39, 0.29) is 5.54 Å². The Hall–Kier alpha value is -1.33. The predicted molar refractivity (Wildman–Crippen MR) is 69.4 cm³/mol. The normalized spacial score (nSPS) is 30.9. The van der Waals surface area contributed by atoms with Crippen LogP contribution < -0.4 is 5.73 Å². The van der Waals surface area contributed by atoms with Gasteiger partial charge in [0, 0.05) is 5.54 Å². The molecule has 1 fully saturated rings. The van der Waals surface area contributed by atoms with Crippen molar-refractivity contribution in [2.75, 3.05) is 0 Å². The minimum absolute atomic E-state index is 0.293. The maximum atomic E-state index is 9.47. The summed E-state index contributed by atoms with van der Waals surface area (Å²) in [7, 11) is 0. The van der Waals surface area contributed by atoms with Gasteiger partial charge in [-0.25, -0.2) is 0 Å². The van der Waals surface area contributed by atoms with E-state index in [0.717, 1.165) is 24.8 Å². The van der Waals surface area contributed by atoms with Crippen molar-refractivity contribution in [2.24, 2.45) is 5.73 Å². The third-order valence-electron chi connectivity index (χ3n) is 3.99.